The van der Waals surface area contributed by atoms with Gasteiger partial charge in [-0.2, -0.15) is 0 Å². The molecule has 0 fully saturated rings. The summed E-state index contributed by atoms with van der Waals surface area (Å²) in [6.07, 6.45) is 7.85. The standard InChI is InChI=1S/C30H30N4/c1-19-14-21(3)27(22(4)15-19)33-12-10-31-29(33)25-8-7-9-26(18-25)30-32-11-13-34(30)28-23(5)16-20(2)17-24(28)6/h7-18H,1-6H3. The van der Waals surface area contributed by atoms with Crippen molar-refractivity contribution in [2.45, 2.75) is 41.5 Å². The second kappa shape index (κ2) is 8.45. The molecule has 34 heavy (non-hydrogen) atoms. The van der Waals surface area contributed by atoms with Gasteiger partial charge in [-0.05, 0) is 69.9 Å². The van der Waals surface area contributed by atoms with Gasteiger partial charge in [0.2, 0.25) is 0 Å². The van der Waals surface area contributed by atoms with Crippen LogP contribution >= 0.6 is 0 Å². The lowest BCUT2D eigenvalue weighted by molar-refractivity contribution is 1.02. The second-order valence-electron chi connectivity index (χ2n) is 9.32. The molecule has 0 saturated heterocycles. The van der Waals surface area contributed by atoms with Gasteiger partial charge in [0.05, 0.1) is 11.4 Å². The van der Waals surface area contributed by atoms with Gasteiger partial charge in [0.1, 0.15) is 11.6 Å². The Morgan fingerprint density at radius 1 is 0.529 bits per heavy atom. The van der Waals surface area contributed by atoms with Crippen molar-refractivity contribution in [1.82, 2.24) is 19.1 Å². The smallest absolute Gasteiger partial charge is 0.144 e. The van der Waals surface area contributed by atoms with E-state index in [0.717, 1.165) is 22.8 Å². The highest BCUT2D eigenvalue weighted by atomic mass is 15.1. The zero-order chi connectivity index (χ0) is 24.0. The van der Waals surface area contributed by atoms with E-state index in [0.29, 0.717) is 0 Å². The summed E-state index contributed by atoms with van der Waals surface area (Å²) in [5.41, 5.74) is 12.0. The lowest BCUT2D eigenvalue weighted by atomic mass is 10.0. The molecule has 0 spiro atoms. The SMILES string of the molecule is Cc1cc(C)c(-n2ccnc2-c2cccc(-c3nccn3-c3c(C)cc(C)cc3C)c2)c(C)c1. The molecule has 4 heteroatoms. The molecule has 0 N–H and O–H groups in total. The molecule has 0 saturated carbocycles. The van der Waals surface area contributed by atoms with Crippen LogP contribution in [0.5, 0.6) is 0 Å². The predicted octanol–water partition coefficient (Wildman–Crippen LogP) is 7.24. The third-order valence-electron chi connectivity index (χ3n) is 6.41. The number of hydrogen-bond acceptors (Lipinski definition) is 2. The number of benzene rings is 3. The number of rotatable bonds is 4. The Morgan fingerprint density at radius 2 is 0.912 bits per heavy atom. The fourth-order valence-corrected chi connectivity index (χ4v) is 5.30. The summed E-state index contributed by atoms with van der Waals surface area (Å²) in [5, 5.41) is 0. The molecule has 0 radical (unpaired) electrons. The van der Waals surface area contributed by atoms with E-state index in [4.69, 9.17) is 9.97 Å². The van der Waals surface area contributed by atoms with Gasteiger partial charge >= 0.3 is 0 Å². The highest BCUT2D eigenvalue weighted by molar-refractivity contribution is 5.70. The van der Waals surface area contributed by atoms with E-state index in [-0.39, 0.29) is 0 Å². The molecule has 4 nitrogen and oxygen atoms in total. The molecular formula is C30H30N4. The highest BCUT2D eigenvalue weighted by Crippen LogP contribution is 2.31. The molecule has 0 unspecified atom stereocenters. The lowest BCUT2D eigenvalue weighted by Crippen LogP contribution is -2.03. The Morgan fingerprint density at radius 3 is 1.29 bits per heavy atom. The first-order valence-electron chi connectivity index (χ1n) is 11.7. The van der Waals surface area contributed by atoms with Crippen LogP contribution in [-0.4, -0.2) is 19.1 Å². The van der Waals surface area contributed by atoms with Crippen LogP contribution in [0.15, 0.2) is 73.3 Å². The Kier molecular flexibility index (Phi) is 5.45. The molecule has 2 aromatic heterocycles. The van der Waals surface area contributed by atoms with Crippen molar-refractivity contribution in [3.8, 4) is 34.2 Å². The van der Waals surface area contributed by atoms with Crippen molar-refractivity contribution in [3.63, 3.8) is 0 Å². The van der Waals surface area contributed by atoms with Crippen LogP contribution < -0.4 is 0 Å². The van der Waals surface area contributed by atoms with Crippen LogP contribution in [0.1, 0.15) is 33.4 Å². The lowest BCUT2D eigenvalue weighted by Gasteiger charge is -2.17. The molecule has 2 heterocycles. The fourth-order valence-electron chi connectivity index (χ4n) is 5.30. The van der Waals surface area contributed by atoms with Crippen LogP contribution in [0.4, 0.5) is 0 Å². The molecule has 0 atom stereocenters. The average Bonchev–Trinajstić information content (AvgIpc) is 3.43. The normalized spacial score (nSPS) is 11.2. The van der Waals surface area contributed by atoms with Crippen molar-refractivity contribution in [3.05, 3.63) is 107 Å². The fraction of sp³-hybridized carbons (Fsp3) is 0.200. The topological polar surface area (TPSA) is 35.6 Å². The molecule has 3 aromatic carbocycles. The van der Waals surface area contributed by atoms with Crippen LogP contribution in [0.2, 0.25) is 0 Å². The second-order valence-corrected chi connectivity index (χ2v) is 9.32. The Bertz CT molecular complexity index is 1360. The summed E-state index contributed by atoms with van der Waals surface area (Å²) in [6, 6.07) is 17.4. The van der Waals surface area contributed by atoms with Crippen molar-refractivity contribution in [1.29, 1.82) is 0 Å². The minimum absolute atomic E-state index is 0.928. The minimum Gasteiger partial charge on any atom is -0.299 e. The van der Waals surface area contributed by atoms with Gasteiger partial charge in [-0.25, -0.2) is 9.97 Å². The number of imidazole rings is 2. The van der Waals surface area contributed by atoms with Crippen molar-refractivity contribution < 1.29 is 0 Å². The summed E-state index contributed by atoms with van der Waals surface area (Å²) in [7, 11) is 0. The van der Waals surface area contributed by atoms with Gasteiger partial charge in [0.25, 0.3) is 0 Å². The first-order chi connectivity index (χ1) is 16.3. The van der Waals surface area contributed by atoms with Gasteiger partial charge in [0.15, 0.2) is 0 Å². The predicted molar refractivity (Wildman–Crippen MR) is 140 cm³/mol. The molecule has 0 bridgehead atoms. The number of aromatic nitrogens is 4. The molecule has 0 amide bonds. The van der Waals surface area contributed by atoms with Crippen LogP contribution in [-0.2, 0) is 0 Å². The Labute approximate surface area is 201 Å². The first kappa shape index (κ1) is 21.9. The van der Waals surface area contributed by atoms with Gasteiger partial charge in [0, 0.05) is 35.9 Å². The largest absolute Gasteiger partial charge is 0.299 e. The van der Waals surface area contributed by atoms with Gasteiger partial charge in [-0.3, -0.25) is 9.13 Å². The minimum atomic E-state index is 0.928. The van der Waals surface area contributed by atoms with Crippen molar-refractivity contribution >= 4 is 0 Å². The third kappa shape index (κ3) is 3.75. The van der Waals surface area contributed by atoms with Crippen molar-refractivity contribution in [2.24, 2.45) is 0 Å². The summed E-state index contributed by atoms with van der Waals surface area (Å²) < 4.78 is 4.40. The Hall–Kier alpha value is -3.92. The van der Waals surface area contributed by atoms with E-state index in [1.54, 1.807) is 0 Å². The number of hydrogen-bond donors (Lipinski definition) is 0. The van der Waals surface area contributed by atoms with Gasteiger partial charge in [-0.15, -0.1) is 0 Å². The molecule has 170 valence electrons. The van der Waals surface area contributed by atoms with Crippen molar-refractivity contribution in [2.75, 3.05) is 0 Å². The van der Waals surface area contributed by atoms with Crippen LogP contribution in [0, 0.1) is 41.5 Å². The van der Waals surface area contributed by atoms with Crippen LogP contribution in [0.3, 0.4) is 0 Å². The van der Waals surface area contributed by atoms with E-state index < -0.39 is 0 Å². The van der Waals surface area contributed by atoms with E-state index in [9.17, 15) is 0 Å². The quantitative estimate of drug-likeness (QED) is 0.292. The number of aryl methyl sites for hydroxylation is 6. The zero-order valence-electron chi connectivity index (χ0n) is 20.7. The maximum atomic E-state index is 4.74. The van der Waals surface area contributed by atoms with E-state index in [1.807, 2.05) is 24.8 Å². The van der Waals surface area contributed by atoms with Gasteiger partial charge in [-0.1, -0.05) is 53.6 Å². The van der Waals surface area contributed by atoms with E-state index >= 15 is 0 Å². The van der Waals surface area contributed by atoms with Crippen LogP contribution in [0.25, 0.3) is 34.2 Å². The summed E-state index contributed by atoms with van der Waals surface area (Å²) in [5.74, 6) is 1.86. The van der Waals surface area contributed by atoms with E-state index in [2.05, 4.69) is 99.2 Å². The molecule has 5 aromatic rings. The summed E-state index contributed by atoms with van der Waals surface area (Å²) in [4.78, 5) is 9.49. The first-order valence-corrected chi connectivity index (χ1v) is 11.7. The molecule has 0 aliphatic carbocycles. The molecular weight excluding hydrogens is 416 g/mol. The monoisotopic (exact) mass is 446 g/mol. The molecule has 5 rings (SSSR count). The maximum absolute atomic E-state index is 4.74. The highest BCUT2D eigenvalue weighted by Gasteiger charge is 2.16. The average molecular weight is 447 g/mol. The van der Waals surface area contributed by atoms with E-state index in [1.165, 1.54) is 44.8 Å². The molecule has 0 aliphatic rings. The zero-order valence-corrected chi connectivity index (χ0v) is 20.7. The number of nitrogens with zero attached hydrogens (tertiary/aromatic N) is 4. The van der Waals surface area contributed by atoms with Gasteiger partial charge < -0.3 is 0 Å². The maximum Gasteiger partial charge on any atom is 0.144 e. The molecule has 0 aliphatic heterocycles. The summed E-state index contributed by atoms with van der Waals surface area (Å²) in [6.45, 7) is 12.9. The Balaban J connectivity index is 1.62. The summed E-state index contributed by atoms with van der Waals surface area (Å²) >= 11 is 0. The third-order valence-corrected chi connectivity index (χ3v) is 6.41.